The quantitative estimate of drug-likeness (QED) is 0.682. The van der Waals surface area contributed by atoms with E-state index in [9.17, 15) is 4.79 Å². The van der Waals surface area contributed by atoms with E-state index in [1.54, 1.807) is 18.3 Å². The van der Waals surface area contributed by atoms with Crippen LogP contribution in [0.3, 0.4) is 0 Å². The van der Waals surface area contributed by atoms with Crippen molar-refractivity contribution >= 4 is 18.3 Å². The average molecular weight is 394 g/mol. The van der Waals surface area contributed by atoms with Crippen LogP contribution in [0.5, 0.6) is 0 Å². The molecule has 6 nitrogen and oxygen atoms in total. The maximum absolute atomic E-state index is 12.5. The smallest absolute Gasteiger partial charge is 0.239 e. The van der Waals surface area contributed by atoms with E-state index in [1.165, 1.54) is 5.56 Å². The van der Waals surface area contributed by atoms with Crippen LogP contribution in [-0.2, 0) is 17.8 Å². The topological polar surface area (TPSA) is 90.2 Å². The van der Waals surface area contributed by atoms with Gasteiger partial charge in [-0.05, 0) is 17.9 Å². The van der Waals surface area contributed by atoms with Crippen molar-refractivity contribution in [2.75, 3.05) is 13.6 Å². The van der Waals surface area contributed by atoms with Gasteiger partial charge < -0.3 is 20.9 Å². The van der Waals surface area contributed by atoms with E-state index in [2.05, 4.69) is 31.0 Å². The molecule has 0 saturated carbocycles. The zero-order valence-electron chi connectivity index (χ0n) is 16.4. The lowest BCUT2D eigenvalue weighted by Crippen LogP contribution is -2.44. The van der Waals surface area contributed by atoms with E-state index in [-0.39, 0.29) is 24.4 Å². The number of amides is 1. The highest BCUT2D eigenvalue weighted by Crippen LogP contribution is 2.08. The minimum Gasteiger partial charge on any atom is -0.344 e. The van der Waals surface area contributed by atoms with Crippen molar-refractivity contribution in [1.82, 2.24) is 14.5 Å². The normalized spacial score (nSPS) is 13.1. The van der Waals surface area contributed by atoms with Gasteiger partial charge in [-0.3, -0.25) is 4.79 Å². The van der Waals surface area contributed by atoms with Crippen LogP contribution in [0.4, 0.5) is 0 Å². The molecule has 1 aromatic carbocycles. The van der Waals surface area contributed by atoms with Crippen LogP contribution in [0.2, 0.25) is 0 Å². The maximum Gasteiger partial charge on any atom is 0.239 e. The molecule has 2 rings (SSSR count). The van der Waals surface area contributed by atoms with Gasteiger partial charge in [0.05, 0.1) is 18.1 Å². The van der Waals surface area contributed by atoms with Crippen molar-refractivity contribution in [3.05, 3.63) is 54.1 Å². The van der Waals surface area contributed by atoms with E-state index in [4.69, 9.17) is 11.5 Å². The van der Waals surface area contributed by atoms with Crippen molar-refractivity contribution in [2.45, 2.75) is 45.3 Å². The van der Waals surface area contributed by atoms with Crippen molar-refractivity contribution in [3.8, 4) is 0 Å². The number of nitrogens with zero attached hydrogens (tertiary/aromatic N) is 3. The number of imidazole rings is 1. The Hall–Kier alpha value is -1.89. The van der Waals surface area contributed by atoms with Crippen LogP contribution in [0.15, 0.2) is 42.9 Å². The molecule has 7 heteroatoms. The molecule has 0 saturated heterocycles. The number of carbonyl (C=O) groups is 1. The monoisotopic (exact) mass is 393 g/mol. The Kier molecular flexibility index (Phi) is 9.49. The average Bonchev–Trinajstić information content (AvgIpc) is 3.06. The molecule has 150 valence electrons. The Morgan fingerprint density at radius 2 is 1.89 bits per heavy atom. The van der Waals surface area contributed by atoms with E-state index < -0.39 is 6.04 Å². The Labute approximate surface area is 168 Å². The molecular formula is C20H32ClN5O. The van der Waals surface area contributed by atoms with Gasteiger partial charge in [-0.15, -0.1) is 12.4 Å². The lowest BCUT2D eigenvalue weighted by atomic mass is 10.0. The summed E-state index contributed by atoms with van der Waals surface area (Å²) in [6, 6.07) is 9.69. The molecule has 0 fully saturated rings. The number of halogens is 1. The summed E-state index contributed by atoms with van der Waals surface area (Å²) in [6.45, 7) is 5.55. The van der Waals surface area contributed by atoms with Crippen LogP contribution in [0.1, 0.15) is 31.5 Å². The lowest BCUT2D eigenvalue weighted by molar-refractivity contribution is -0.131. The second-order valence-corrected chi connectivity index (χ2v) is 7.29. The molecule has 27 heavy (non-hydrogen) atoms. The molecule has 0 spiro atoms. The zero-order chi connectivity index (χ0) is 19.1. The van der Waals surface area contributed by atoms with Gasteiger partial charge in [-0.2, -0.15) is 0 Å². The first-order valence-electron chi connectivity index (χ1n) is 9.17. The van der Waals surface area contributed by atoms with Gasteiger partial charge in [-0.1, -0.05) is 44.2 Å². The molecule has 1 amide bonds. The van der Waals surface area contributed by atoms with E-state index in [1.807, 2.05) is 29.0 Å². The van der Waals surface area contributed by atoms with Crippen LogP contribution < -0.4 is 11.5 Å². The molecule has 4 N–H and O–H groups in total. The second-order valence-electron chi connectivity index (χ2n) is 7.29. The lowest BCUT2D eigenvalue weighted by Gasteiger charge is -2.23. The minimum absolute atomic E-state index is 0. The van der Waals surface area contributed by atoms with Crippen LogP contribution in [0, 0.1) is 5.92 Å². The third kappa shape index (κ3) is 7.33. The molecule has 1 aromatic heterocycles. The van der Waals surface area contributed by atoms with Crippen LogP contribution >= 0.6 is 12.4 Å². The number of rotatable bonds is 9. The predicted octanol–water partition coefficient (Wildman–Crippen LogP) is 2.05. The fourth-order valence-electron chi connectivity index (χ4n) is 2.77. The molecule has 0 aliphatic carbocycles. The number of carbonyl (C=O) groups excluding carboxylic acids is 1. The minimum atomic E-state index is -0.588. The third-order valence-corrected chi connectivity index (χ3v) is 4.67. The van der Waals surface area contributed by atoms with Gasteiger partial charge in [-0.25, -0.2) is 4.98 Å². The van der Waals surface area contributed by atoms with Crippen molar-refractivity contribution in [2.24, 2.45) is 17.4 Å². The summed E-state index contributed by atoms with van der Waals surface area (Å²) in [5.41, 5.74) is 14.2. The largest absolute Gasteiger partial charge is 0.344 e. The molecule has 0 aliphatic rings. The van der Waals surface area contributed by atoms with Gasteiger partial charge in [0, 0.05) is 38.8 Å². The molecule has 1 unspecified atom stereocenters. The summed E-state index contributed by atoms with van der Waals surface area (Å²) in [6.07, 6.45) is 4.94. The fourth-order valence-corrected chi connectivity index (χ4v) is 2.77. The first-order valence-corrected chi connectivity index (χ1v) is 9.17. The number of hydrogen-bond donors (Lipinski definition) is 2. The summed E-state index contributed by atoms with van der Waals surface area (Å²) >= 11 is 0. The summed E-state index contributed by atoms with van der Waals surface area (Å²) in [5.74, 6) is 0.333. The Bertz CT molecular complexity index is 689. The summed E-state index contributed by atoms with van der Waals surface area (Å²) in [5, 5.41) is 0. The first kappa shape index (κ1) is 23.1. The van der Waals surface area contributed by atoms with Gasteiger partial charge in [0.2, 0.25) is 5.91 Å². The zero-order valence-corrected chi connectivity index (χ0v) is 17.2. The predicted molar refractivity (Wildman–Crippen MR) is 112 cm³/mol. The highest BCUT2D eigenvalue weighted by molar-refractivity contribution is 5.85. The Morgan fingerprint density at radius 1 is 1.22 bits per heavy atom. The van der Waals surface area contributed by atoms with Gasteiger partial charge in [0.15, 0.2) is 0 Å². The molecule has 0 aliphatic heterocycles. The highest BCUT2D eigenvalue weighted by atomic mass is 35.5. The summed E-state index contributed by atoms with van der Waals surface area (Å²) < 4.78 is 2.01. The number of aromatic nitrogens is 2. The van der Waals surface area contributed by atoms with E-state index in [0.717, 1.165) is 18.7 Å². The Balaban J connectivity index is 0.00000364. The maximum atomic E-state index is 12.5. The summed E-state index contributed by atoms with van der Waals surface area (Å²) in [7, 11) is 1.78. The number of hydrogen-bond acceptors (Lipinski definition) is 4. The highest BCUT2D eigenvalue weighted by Gasteiger charge is 2.20. The van der Waals surface area contributed by atoms with Crippen molar-refractivity contribution < 1.29 is 4.79 Å². The molecule has 0 radical (unpaired) electrons. The molecule has 0 bridgehead atoms. The van der Waals surface area contributed by atoms with Gasteiger partial charge in [0.1, 0.15) is 0 Å². The standard InChI is InChI=1S/C20H31N5O.ClH/c1-15(2)18(21)9-10-24(3)20(26)19(22)11-17-13-25(14-23-17)12-16-7-5-4-6-8-16;/h4-8,13-15,18-19H,9-12,21-22H2,1-3H3;1H/t18?,19-;/m0./s1. The van der Waals surface area contributed by atoms with Crippen LogP contribution in [0.25, 0.3) is 0 Å². The van der Waals surface area contributed by atoms with Crippen LogP contribution in [-0.4, -0.2) is 46.0 Å². The number of benzene rings is 1. The number of likely N-dealkylation sites (N-methyl/N-ethyl adjacent to an activating group) is 1. The SMILES string of the molecule is CC(C)C(N)CCN(C)C(=O)[C@@H](N)Cc1cn(Cc2ccccc2)cn1.Cl. The van der Waals surface area contributed by atoms with Crippen molar-refractivity contribution in [3.63, 3.8) is 0 Å². The Morgan fingerprint density at radius 3 is 2.52 bits per heavy atom. The first-order chi connectivity index (χ1) is 12.4. The van der Waals surface area contributed by atoms with Gasteiger partial charge >= 0.3 is 0 Å². The fraction of sp³-hybridized carbons (Fsp3) is 0.500. The summed E-state index contributed by atoms with van der Waals surface area (Å²) in [4.78, 5) is 18.5. The van der Waals surface area contributed by atoms with Gasteiger partial charge in [0.25, 0.3) is 0 Å². The van der Waals surface area contributed by atoms with Crippen molar-refractivity contribution in [1.29, 1.82) is 0 Å². The molecular weight excluding hydrogens is 362 g/mol. The molecule has 2 atom stereocenters. The third-order valence-electron chi connectivity index (χ3n) is 4.67. The molecule has 1 heterocycles. The molecule has 2 aromatic rings. The van der Waals surface area contributed by atoms with E-state index >= 15 is 0 Å². The van der Waals surface area contributed by atoms with E-state index in [0.29, 0.717) is 18.9 Å². The number of nitrogens with two attached hydrogens (primary N) is 2. The second kappa shape index (κ2) is 11.1.